The van der Waals surface area contributed by atoms with Crippen molar-refractivity contribution in [3.05, 3.63) is 35.4 Å². The van der Waals surface area contributed by atoms with Crippen LogP contribution in [0.4, 0.5) is 0 Å². The van der Waals surface area contributed by atoms with Crippen LogP contribution in [0.2, 0.25) is 0 Å². The van der Waals surface area contributed by atoms with E-state index < -0.39 is 10.0 Å². The Hall–Kier alpha value is -0.870. The standard InChI is InChI=1S/C16H25NO2S/c1-16(2,3)11-6-12-20(18,19)17-15-10-9-13-7-4-5-8-14(13)15/h4-5,7-8,15,17H,6,9-12H2,1-3H3/t15-/m0/s1. The fraction of sp³-hybridized carbons (Fsp3) is 0.625. The second-order valence-electron chi connectivity index (χ2n) is 6.89. The highest BCUT2D eigenvalue weighted by atomic mass is 32.2. The molecule has 0 radical (unpaired) electrons. The van der Waals surface area contributed by atoms with Gasteiger partial charge in [0.05, 0.1) is 5.75 Å². The van der Waals surface area contributed by atoms with Gasteiger partial charge in [-0.1, -0.05) is 45.0 Å². The number of fused-ring (bicyclic) bond motifs is 1. The Morgan fingerprint density at radius 1 is 1.25 bits per heavy atom. The van der Waals surface area contributed by atoms with Gasteiger partial charge in [-0.15, -0.1) is 0 Å². The van der Waals surface area contributed by atoms with E-state index in [1.807, 2.05) is 18.2 Å². The lowest BCUT2D eigenvalue weighted by atomic mass is 9.91. The number of hydrogen-bond acceptors (Lipinski definition) is 2. The SMILES string of the molecule is CC(C)(C)CCCS(=O)(=O)N[C@H]1CCc2ccccc21. The van der Waals surface area contributed by atoms with Crippen LogP contribution in [0.25, 0.3) is 0 Å². The van der Waals surface area contributed by atoms with E-state index in [-0.39, 0.29) is 17.2 Å². The van der Waals surface area contributed by atoms with Crippen LogP contribution >= 0.6 is 0 Å². The zero-order valence-corrected chi connectivity index (χ0v) is 13.5. The molecule has 0 aliphatic heterocycles. The lowest BCUT2D eigenvalue weighted by Crippen LogP contribution is -2.30. The van der Waals surface area contributed by atoms with E-state index in [4.69, 9.17) is 0 Å². The number of aryl methyl sites for hydroxylation is 1. The lowest BCUT2D eigenvalue weighted by Gasteiger charge is -2.19. The van der Waals surface area contributed by atoms with Crippen LogP contribution in [0.5, 0.6) is 0 Å². The third kappa shape index (κ3) is 4.32. The number of sulfonamides is 1. The summed E-state index contributed by atoms with van der Waals surface area (Å²) in [5.41, 5.74) is 2.61. The minimum absolute atomic E-state index is 0.0363. The maximum atomic E-state index is 12.2. The fourth-order valence-corrected chi connectivity index (χ4v) is 4.07. The average molecular weight is 295 g/mol. The van der Waals surface area contributed by atoms with Crippen LogP contribution in [-0.4, -0.2) is 14.2 Å². The molecule has 3 nitrogen and oxygen atoms in total. The average Bonchev–Trinajstić information content (AvgIpc) is 2.70. The Balaban J connectivity index is 1.93. The molecule has 0 unspecified atom stereocenters. The van der Waals surface area contributed by atoms with Crippen molar-refractivity contribution in [2.24, 2.45) is 5.41 Å². The summed E-state index contributed by atoms with van der Waals surface area (Å²) in [6, 6.07) is 8.07. The van der Waals surface area contributed by atoms with Gasteiger partial charge >= 0.3 is 0 Å². The highest BCUT2D eigenvalue weighted by Crippen LogP contribution is 2.31. The van der Waals surface area contributed by atoms with E-state index in [2.05, 4.69) is 31.6 Å². The molecule has 1 aliphatic rings. The maximum absolute atomic E-state index is 12.2. The normalized spacial score (nSPS) is 19.1. The van der Waals surface area contributed by atoms with Crippen LogP contribution in [-0.2, 0) is 16.4 Å². The van der Waals surface area contributed by atoms with Gasteiger partial charge in [-0.25, -0.2) is 13.1 Å². The van der Waals surface area contributed by atoms with Crippen molar-refractivity contribution in [3.8, 4) is 0 Å². The van der Waals surface area contributed by atoms with Crippen LogP contribution < -0.4 is 4.72 Å². The highest BCUT2D eigenvalue weighted by Gasteiger charge is 2.26. The number of nitrogens with one attached hydrogen (secondary N) is 1. The van der Waals surface area contributed by atoms with Gasteiger partial charge in [-0.2, -0.15) is 0 Å². The first-order valence-corrected chi connectivity index (χ1v) is 9.00. The topological polar surface area (TPSA) is 46.2 Å². The van der Waals surface area contributed by atoms with Crippen molar-refractivity contribution < 1.29 is 8.42 Å². The highest BCUT2D eigenvalue weighted by molar-refractivity contribution is 7.89. The van der Waals surface area contributed by atoms with Crippen LogP contribution in [0.15, 0.2) is 24.3 Å². The molecule has 1 aromatic carbocycles. The number of rotatable bonds is 5. The Kier molecular flexibility index (Phi) is 4.55. The predicted octanol–water partition coefficient (Wildman–Crippen LogP) is 3.42. The molecule has 0 aromatic heterocycles. The number of benzene rings is 1. The minimum atomic E-state index is -3.18. The molecule has 0 saturated carbocycles. The molecule has 2 rings (SSSR count). The fourth-order valence-electron chi connectivity index (χ4n) is 2.75. The zero-order valence-electron chi connectivity index (χ0n) is 12.6. The molecule has 1 atom stereocenters. The van der Waals surface area contributed by atoms with E-state index in [1.165, 1.54) is 5.56 Å². The monoisotopic (exact) mass is 295 g/mol. The van der Waals surface area contributed by atoms with Crippen molar-refractivity contribution in [1.29, 1.82) is 0 Å². The largest absolute Gasteiger partial charge is 0.212 e. The van der Waals surface area contributed by atoms with Crippen molar-refractivity contribution in [3.63, 3.8) is 0 Å². The summed E-state index contributed by atoms with van der Waals surface area (Å²) in [5.74, 6) is 0.225. The van der Waals surface area contributed by atoms with E-state index >= 15 is 0 Å². The van der Waals surface area contributed by atoms with Gasteiger partial charge in [0.2, 0.25) is 10.0 Å². The summed E-state index contributed by atoms with van der Waals surface area (Å²) < 4.78 is 27.2. The molecular weight excluding hydrogens is 270 g/mol. The van der Waals surface area contributed by atoms with Gasteiger partial charge in [-0.05, 0) is 42.2 Å². The van der Waals surface area contributed by atoms with Crippen LogP contribution in [0.1, 0.15) is 57.2 Å². The Labute approximate surface area is 122 Å². The quantitative estimate of drug-likeness (QED) is 0.904. The number of hydrogen-bond donors (Lipinski definition) is 1. The maximum Gasteiger partial charge on any atom is 0.212 e. The van der Waals surface area contributed by atoms with E-state index in [1.54, 1.807) is 0 Å². The smallest absolute Gasteiger partial charge is 0.212 e. The van der Waals surface area contributed by atoms with Crippen molar-refractivity contribution in [1.82, 2.24) is 4.72 Å². The molecule has 0 amide bonds. The van der Waals surface area contributed by atoms with Gasteiger partial charge in [-0.3, -0.25) is 0 Å². The summed E-state index contributed by atoms with van der Waals surface area (Å²) in [4.78, 5) is 0. The van der Waals surface area contributed by atoms with Crippen molar-refractivity contribution in [2.75, 3.05) is 5.75 Å². The van der Waals surface area contributed by atoms with Crippen molar-refractivity contribution in [2.45, 2.75) is 52.5 Å². The van der Waals surface area contributed by atoms with E-state index in [9.17, 15) is 8.42 Å². The summed E-state index contributed by atoms with van der Waals surface area (Å²) >= 11 is 0. The molecule has 112 valence electrons. The molecular formula is C16H25NO2S. The third-order valence-electron chi connectivity index (χ3n) is 3.79. The molecule has 1 aromatic rings. The zero-order chi connectivity index (χ0) is 14.8. The van der Waals surface area contributed by atoms with Crippen LogP contribution in [0.3, 0.4) is 0 Å². The summed E-state index contributed by atoms with van der Waals surface area (Å²) in [6.45, 7) is 6.42. The Morgan fingerprint density at radius 3 is 2.65 bits per heavy atom. The van der Waals surface area contributed by atoms with E-state index in [0.717, 1.165) is 24.8 Å². The molecule has 20 heavy (non-hydrogen) atoms. The predicted molar refractivity (Wildman–Crippen MR) is 83.1 cm³/mol. The first kappa shape index (κ1) is 15.5. The summed E-state index contributed by atoms with van der Waals surface area (Å²) in [7, 11) is -3.18. The second-order valence-corrected chi connectivity index (χ2v) is 8.76. The summed E-state index contributed by atoms with van der Waals surface area (Å²) in [6.07, 6.45) is 3.48. The lowest BCUT2D eigenvalue weighted by molar-refractivity contribution is 0.373. The molecule has 0 saturated heterocycles. The first-order valence-electron chi connectivity index (χ1n) is 7.35. The molecule has 0 heterocycles. The molecule has 0 fully saturated rings. The minimum Gasteiger partial charge on any atom is -0.212 e. The van der Waals surface area contributed by atoms with Gasteiger partial charge in [0.1, 0.15) is 0 Å². The molecule has 0 bridgehead atoms. The van der Waals surface area contributed by atoms with E-state index in [0.29, 0.717) is 6.42 Å². The summed E-state index contributed by atoms with van der Waals surface area (Å²) in [5, 5.41) is 0. The second kappa shape index (κ2) is 5.86. The molecule has 1 N–H and O–H groups in total. The van der Waals surface area contributed by atoms with Gasteiger partial charge in [0, 0.05) is 6.04 Å². The van der Waals surface area contributed by atoms with Gasteiger partial charge in [0.15, 0.2) is 0 Å². The first-order chi connectivity index (χ1) is 9.27. The van der Waals surface area contributed by atoms with Crippen molar-refractivity contribution >= 4 is 10.0 Å². The molecule has 0 spiro atoms. The third-order valence-corrected chi connectivity index (χ3v) is 5.26. The Morgan fingerprint density at radius 2 is 1.95 bits per heavy atom. The van der Waals surface area contributed by atoms with Gasteiger partial charge < -0.3 is 0 Å². The Bertz CT molecular complexity index is 558. The van der Waals surface area contributed by atoms with Gasteiger partial charge in [0.25, 0.3) is 0 Å². The molecule has 1 aliphatic carbocycles. The molecule has 4 heteroatoms. The van der Waals surface area contributed by atoms with Crippen LogP contribution in [0, 0.1) is 5.41 Å².